The van der Waals surface area contributed by atoms with Crippen LogP contribution < -0.4 is 5.32 Å². The molecule has 2 unspecified atom stereocenters. The summed E-state index contributed by atoms with van der Waals surface area (Å²) in [5, 5.41) is 12.1. The van der Waals surface area contributed by atoms with Gasteiger partial charge >= 0.3 is 0 Å². The SMILES string of the molecule is CC(C)C1CCCC(NCc2nncn2C2CC2)CC1. The zero-order valence-electron chi connectivity index (χ0n) is 12.9. The van der Waals surface area contributed by atoms with E-state index in [1.807, 2.05) is 6.33 Å². The number of hydrogen-bond acceptors (Lipinski definition) is 3. The fourth-order valence-corrected chi connectivity index (χ4v) is 3.49. The molecule has 20 heavy (non-hydrogen) atoms. The van der Waals surface area contributed by atoms with E-state index in [0.717, 1.165) is 24.2 Å². The summed E-state index contributed by atoms with van der Waals surface area (Å²) >= 11 is 0. The van der Waals surface area contributed by atoms with Gasteiger partial charge < -0.3 is 9.88 Å². The summed E-state index contributed by atoms with van der Waals surface area (Å²) < 4.78 is 2.26. The topological polar surface area (TPSA) is 42.7 Å². The smallest absolute Gasteiger partial charge is 0.147 e. The highest BCUT2D eigenvalue weighted by molar-refractivity contribution is 4.95. The second-order valence-electron chi connectivity index (χ2n) is 6.98. The average molecular weight is 276 g/mol. The quantitative estimate of drug-likeness (QED) is 0.839. The third-order valence-corrected chi connectivity index (χ3v) is 5.09. The van der Waals surface area contributed by atoms with E-state index in [1.165, 1.54) is 44.9 Å². The van der Waals surface area contributed by atoms with E-state index in [-0.39, 0.29) is 0 Å². The fraction of sp³-hybridized carbons (Fsp3) is 0.875. The van der Waals surface area contributed by atoms with Crippen molar-refractivity contribution in [3.8, 4) is 0 Å². The number of hydrogen-bond donors (Lipinski definition) is 1. The Morgan fingerprint density at radius 3 is 2.80 bits per heavy atom. The van der Waals surface area contributed by atoms with Crippen molar-refractivity contribution in [1.82, 2.24) is 20.1 Å². The Kier molecular flexibility index (Phi) is 4.39. The molecular weight excluding hydrogens is 248 g/mol. The van der Waals surface area contributed by atoms with Crippen LogP contribution in [0.2, 0.25) is 0 Å². The van der Waals surface area contributed by atoms with Crippen molar-refractivity contribution in [1.29, 1.82) is 0 Å². The van der Waals surface area contributed by atoms with Crippen molar-refractivity contribution >= 4 is 0 Å². The second-order valence-corrected chi connectivity index (χ2v) is 6.98. The zero-order valence-corrected chi connectivity index (χ0v) is 12.9. The summed E-state index contributed by atoms with van der Waals surface area (Å²) in [6, 6.07) is 1.35. The lowest BCUT2D eigenvalue weighted by atomic mass is 9.89. The highest BCUT2D eigenvalue weighted by atomic mass is 15.3. The molecule has 0 aliphatic heterocycles. The molecule has 2 atom stereocenters. The molecule has 4 nitrogen and oxygen atoms in total. The molecule has 4 heteroatoms. The van der Waals surface area contributed by atoms with E-state index in [9.17, 15) is 0 Å². The minimum atomic E-state index is 0.670. The van der Waals surface area contributed by atoms with Crippen LogP contribution in [0.15, 0.2) is 6.33 Å². The van der Waals surface area contributed by atoms with Gasteiger partial charge in [-0.2, -0.15) is 0 Å². The van der Waals surface area contributed by atoms with Crippen molar-refractivity contribution < 1.29 is 0 Å². The van der Waals surface area contributed by atoms with Crippen molar-refractivity contribution in [3.05, 3.63) is 12.2 Å². The maximum atomic E-state index is 4.28. The standard InChI is InChI=1S/C16H28N4/c1-12(2)13-4-3-5-14(7-6-13)17-10-16-19-18-11-20(16)15-8-9-15/h11-15,17H,3-10H2,1-2H3. The van der Waals surface area contributed by atoms with Crippen LogP contribution in [0.25, 0.3) is 0 Å². The fourth-order valence-electron chi connectivity index (χ4n) is 3.49. The molecule has 0 radical (unpaired) electrons. The van der Waals surface area contributed by atoms with Gasteiger partial charge in [0.2, 0.25) is 0 Å². The lowest BCUT2D eigenvalue weighted by molar-refractivity contribution is 0.337. The van der Waals surface area contributed by atoms with Gasteiger partial charge in [-0.1, -0.05) is 26.7 Å². The summed E-state index contributed by atoms with van der Waals surface area (Å²) in [6.07, 6.45) is 11.3. The molecule has 2 aliphatic rings. The van der Waals surface area contributed by atoms with Crippen LogP contribution in [-0.4, -0.2) is 20.8 Å². The van der Waals surface area contributed by atoms with Gasteiger partial charge in [-0.05, 0) is 43.9 Å². The number of nitrogens with one attached hydrogen (secondary N) is 1. The summed E-state index contributed by atoms with van der Waals surface area (Å²) in [4.78, 5) is 0. The summed E-state index contributed by atoms with van der Waals surface area (Å²) in [6.45, 7) is 5.63. The average Bonchev–Trinajstić information content (AvgIpc) is 3.21. The predicted octanol–water partition coefficient (Wildman–Crippen LogP) is 3.31. The van der Waals surface area contributed by atoms with E-state index in [2.05, 4.69) is 33.9 Å². The Balaban J connectivity index is 1.49. The van der Waals surface area contributed by atoms with Crippen molar-refractivity contribution in [2.75, 3.05) is 0 Å². The Morgan fingerprint density at radius 2 is 2.05 bits per heavy atom. The maximum absolute atomic E-state index is 4.28. The van der Waals surface area contributed by atoms with Crippen LogP contribution >= 0.6 is 0 Å². The van der Waals surface area contributed by atoms with Gasteiger partial charge in [-0.15, -0.1) is 10.2 Å². The van der Waals surface area contributed by atoms with Crippen LogP contribution in [0.1, 0.15) is 70.7 Å². The van der Waals surface area contributed by atoms with Crippen molar-refractivity contribution in [2.24, 2.45) is 11.8 Å². The first-order chi connectivity index (χ1) is 9.74. The lowest BCUT2D eigenvalue weighted by Gasteiger charge is -2.19. The number of nitrogens with zero attached hydrogens (tertiary/aromatic N) is 3. The molecule has 0 bridgehead atoms. The normalized spacial score (nSPS) is 27.8. The first-order valence-corrected chi connectivity index (χ1v) is 8.36. The van der Waals surface area contributed by atoms with E-state index in [1.54, 1.807) is 0 Å². The molecule has 1 heterocycles. The molecule has 0 saturated heterocycles. The van der Waals surface area contributed by atoms with Crippen molar-refractivity contribution in [3.63, 3.8) is 0 Å². The molecular formula is C16H28N4. The Morgan fingerprint density at radius 1 is 1.20 bits per heavy atom. The summed E-state index contributed by atoms with van der Waals surface area (Å²) in [7, 11) is 0. The van der Waals surface area contributed by atoms with Crippen LogP contribution in [0.3, 0.4) is 0 Å². The van der Waals surface area contributed by atoms with Gasteiger partial charge in [0.15, 0.2) is 0 Å². The molecule has 2 saturated carbocycles. The Bertz CT molecular complexity index is 422. The molecule has 1 aromatic heterocycles. The van der Waals surface area contributed by atoms with Gasteiger partial charge in [0, 0.05) is 12.1 Å². The van der Waals surface area contributed by atoms with Crippen LogP contribution in [0, 0.1) is 11.8 Å². The largest absolute Gasteiger partial charge is 0.313 e. The highest BCUT2D eigenvalue weighted by Crippen LogP contribution is 2.35. The van der Waals surface area contributed by atoms with Gasteiger partial charge in [-0.25, -0.2) is 0 Å². The third-order valence-electron chi connectivity index (χ3n) is 5.09. The van der Waals surface area contributed by atoms with E-state index in [4.69, 9.17) is 0 Å². The van der Waals surface area contributed by atoms with Crippen molar-refractivity contribution in [2.45, 2.75) is 77.4 Å². The van der Waals surface area contributed by atoms with Crippen LogP contribution in [-0.2, 0) is 6.54 Å². The Hall–Kier alpha value is -0.900. The van der Waals surface area contributed by atoms with E-state index >= 15 is 0 Å². The van der Waals surface area contributed by atoms with Crippen LogP contribution in [0.4, 0.5) is 0 Å². The number of aromatic nitrogens is 3. The monoisotopic (exact) mass is 276 g/mol. The molecule has 1 aromatic rings. The van der Waals surface area contributed by atoms with Gasteiger partial charge in [-0.3, -0.25) is 0 Å². The molecule has 0 aromatic carbocycles. The minimum absolute atomic E-state index is 0.670. The molecule has 0 amide bonds. The molecule has 3 rings (SSSR count). The van der Waals surface area contributed by atoms with E-state index in [0.29, 0.717) is 12.1 Å². The highest BCUT2D eigenvalue weighted by Gasteiger charge is 2.26. The second kappa shape index (κ2) is 6.25. The molecule has 0 spiro atoms. The van der Waals surface area contributed by atoms with Gasteiger partial charge in [0.05, 0.1) is 6.54 Å². The minimum Gasteiger partial charge on any atom is -0.313 e. The molecule has 2 aliphatic carbocycles. The van der Waals surface area contributed by atoms with E-state index < -0.39 is 0 Å². The first-order valence-electron chi connectivity index (χ1n) is 8.36. The first kappa shape index (κ1) is 14.1. The predicted molar refractivity (Wildman–Crippen MR) is 80.3 cm³/mol. The molecule has 2 fully saturated rings. The zero-order chi connectivity index (χ0) is 13.9. The number of rotatable bonds is 5. The third kappa shape index (κ3) is 3.40. The van der Waals surface area contributed by atoms with Gasteiger partial charge in [0.25, 0.3) is 0 Å². The molecule has 112 valence electrons. The lowest BCUT2D eigenvalue weighted by Crippen LogP contribution is -2.29. The molecule has 1 N–H and O–H groups in total. The Labute approximate surface area is 122 Å². The summed E-state index contributed by atoms with van der Waals surface area (Å²) in [5.74, 6) is 2.89. The maximum Gasteiger partial charge on any atom is 0.147 e. The van der Waals surface area contributed by atoms with Gasteiger partial charge in [0.1, 0.15) is 12.2 Å². The van der Waals surface area contributed by atoms with Crippen LogP contribution in [0.5, 0.6) is 0 Å². The summed E-state index contributed by atoms with van der Waals surface area (Å²) in [5.41, 5.74) is 0.